The average molecular weight is 454 g/mol. The van der Waals surface area contributed by atoms with Crippen LogP contribution in [0.4, 0.5) is 0 Å². The van der Waals surface area contributed by atoms with Crippen LogP contribution < -0.4 is 16.0 Å². The van der Waals surface area contributed by atoms with Crippen LogP contribution in [0.5, 0.6) is 0 Å². The van der Waals surface area contributed by atoms with E-state index in [-0.39, 0.29) is 37.6 Å². The van der Waals surface area contributed by atoms with E-state index in [9.17, 15) is 24.3 Å². The lowest BCUT2D eigenvalue weighted by atomic mass is 10.0. The van der Waals surface area contributed by atoms with Crippen LogP contribution in [-0.4, -0.2) is 47.4 Å². The Morgan fingerprint density at radius 2 is 1.36 bits per heavy atom. The number of carboxylic acids is 1. The second-order valence-electron chi connectivity index (χ2n) is 8.28. The third-order valence-electron chi connectivity index (χ3n) is 4.91. The molecule has 2 atom stereocenters. The monoisotopic (exact) mass is 453 g/mol. The van der Waals surface area contributed by atoms with Crippen molar-refractivity contribution in [1.82, 2.24) is 16.0 Å². The molecule has 2 aromatic carbocycles. The molecule has 2 rings (SSSR count). The van der Waals surface area contributed by atoms with Gasteiger partial charge in [-0.25, -0.2) is 4.79 Å². The summed E-state index contributed by atoms with van der Waals surface area (Å²) < 4.78 is 0. The van der Waals surface area contributed by atoms with Crippen molar-refractivity contribution < 1.29 is 24.3 Å². The Hall–Kier alpha value is -3.68. The van der Waals surface area contributed by atoms with Crippen molar-refractivity contribution in [2.24, 2.45) is 5.92 Å². The molecule has 2 unspecified atom stereocenters. The molecule has 0 aliphatic rings. The first kappa shape index (κ1) is 25.6. The summed E-state index contributed by atoms with van der Waals surface area (Å²) in [4.78, 5) is 49.0. The lowest BCUT2D eigenvalue weighted by molar-refractivity contribution is -0.142. The van der Waals surface area contributed by atoms with Gasteiger partial charge in [0.2, 0.25) is 17.7 Å². The van der Waals surface area contributed by atoms with Gasteiger partial charge in [0.1, 0.15) is 12.1 Å². The maximum absolute atomic E-state index is 12.9. The number of nitrogens with one attached hydrogen (secondary N) is 3. The minimum absolute atomic E-state index is 0.0633. The first-order valence-electron chi connectivity index (χ1n) is 10.9. The number of carboxylic acid groups (broad SMARTS) is 1. The van der Waals surface area contributed by atoms with Crippen LogP contribution in [0.1, 0.15) is 31.4 Å². The summed E-state index contributed by atoms with van der Waals surface area (Å²) in [6.07, 6.45) is 0.588. The lowest BCUT2D eigenvalue weighted by Gasteiger charge is -2.22. The van der Waals surface area contributed by atoms with Crippen LogP contribution in [-0.2, 0) is 32.0 Å². The molecule has 0 aliphatic carbocycles. The molecule has 0 fully saturated rings. The second-order valence-corrected chi connectivity index (χ2v) is 8.28. The van der Waals surface area contributed by atoms with Gasteiger partial charge in [0, 0.05) is 6.42 Å². The Kier molecular flexibility index (Phi) is 10.1. The molecule has 0 aliphatic heterocycles. The second kappa shape index (κ2) is 13.0. The van der Waals surface area contributed by atoms with Crippen LogP contribution in [0, 0.1) is 5.92 Å². The maximum atomic E-state index is 12.9. The molecule has 2 aromatic rings. The topological polar surface area (TPSA) is 125 Å². The van der Waals surface area contributed by atoms with E-state index in [2.05, 4.69) is 16.0 Å². The highest BCUT2D eigenvalue weighted by atomic mass is 16.4. The molecular formula is C25H31N3O5. The first-order valence-corrected chi connectivity index (χ1v) is 10.9. The van der Waals surface area contributed by atoms with Gasteiger partial charge in [-0.05, 0) is 23.5 Å². The zero-order valence-corrected chi connectivity index (χ0v) is 18.9. The number of rotatable bonds is 12. The van der Waals surface area contributed by atoms with Crippen LogP contribution in [0.15, 0.2) is 60.7 Å². The highest BCUT2D eigenvalue weighted by Crippen LogP contribution is 2.08. The summed E-state index contributed by atoms with van der Waals surface area (Å²) in [6, 6.07) is 16.2. The normalized spacial score (nSPS) is 12.5. The highest BCUT2D eigenvalue weighted by Gasteiger charge is 2.27. The predicted molar refractivity (Wildman–Crippen MR) is 124 cm³/mol. The van der Waals surface area contributed by atoms with Gasteiger partial charge >= 0.3 is 5.97 Å². The Labute approximate surface area is 193 Å². The Morgan fingerprint density at radius 1 is 0.788 bits per heavy atom. The molecule has 3 amide bonds. The summed E-state index contributed by atoms with van der Waals surface area (Å²) in [6.45, 7) is 3.44. The van der Waals surface area contributed by atoms with Crippen molar-refractivity contribution >= 4 is 23.7 Å². The summed E-state index contributed by atoms with van der Waals surface area (Å²) in [5, 5.41) is 17.1. The van der Waals surface area contributed by atoms with Gasteiger partial charge in [0.25, 0.3) is 0 Å². The number of amides is 3. The molecular weight excluding hydrogens is 422 g/mol. The number of hydrogen-bond acceptors (Lipinski definition) is 4. The van der Waals surface area contributed by atoms with E-state index in [1.54, 1.807) is 0 Å². The lowest BCUT2D eigenvalue weighted by Crippen LogP contribution is -2.54. The molecule has 0 heterocycles. The molecule has 0 radical (unpaired) electrons. The first-order chi connectivity index (χ1) is 15.7. The van der Waals surface area contributed by atoms with E-state index in [4.69, 9.17) is 0 Å². The van der Waals surface area contributed by atoms with Gasteiger partial charge in [0.05, 0.1) is 13.0 Å². The number of aliphatic carboxylic acids is 1. The predicted octanol–water partition coefficient (Wildman–Crippen LogP) is 1.69. The third-order valence-corrected chi connectivity index (χ3v) is 4.91. The minimum atomic E-state index is -1.13. The summed E-state index contributed by atoms with van der Waals surface area (Å²) in [7, 11) is 0. The van der Waals surface area contributed by atoms with Gasteiger partial charge in [-0.2, -0.15) is 0 Å². The molecule has 0 saturated heterocycles. The van der Waals surface area contributed by atoms with Crippen molar-refractivity contribution in [2.45, 2.75) is 45.2 Å². The van der Waals surface area contributed by atoms with Crippen LogP contribution >= 0.6 is 0 Å². The molecule has 0 spiro atoms. The van der Waals surface area contributed by atoms with E-state index in [1.165, 1.54) is 0 Å². The van der Waals surface area contributed by atoms with E-state index >= 15 is 0 Å². The fourth-order valence-corrected chi connectivity index (χ4v) is 3.29. The van der Waals surface area contributed by atoms with Gasteiger partial charge in [-0.15, -0.1) is 0 Å². The SMILES string of the molecule is CC(C)CC(NC(=O)C(Cc1ccccc1)NC(=O)CNC(=O)Cc1ccccc1)C(=O)O. The molecule has 8 heteroatoms. The van der Waals surface area contributed by atoms with Gasteiger partial charge in [-0.3, -0.25) is 14.4 Å². The number of hydrogen-bond donors (Lipinski definition) is 4. The van der Waals surface area contributed by atoms with E-state index in [0.29, 0.717) is 0 Å². The fraction of sp³-hybridized carbons (Fsp3) is 0.360. The summed E-state index contributed by atoms with van der Waals surface area (Å²) in [5.74, 6) is -2.51. The van der Waals surface area contributed by atoms with Crippen molar-refractivity contribution in [3.63, 3.8) is 0 Å². The standard InChI is InChI=1S/C25H31N3O5/c1-17(2)13-21(25(32)33)28-24(31)20(14-18-9-5-3-6-10-18)27-23(30)16-26-22(29)15-19-11-7-4-8-12-19/h3-12,17,20-21H,13-16H2,1-2H3,(H,26,29)(H,27,30)(H,28,31)(H,32,33). The third kappa shape index (κ3) is 9.55. The van der Waals surface area contributed by atoms with Crippen molar-refractivity contribution in [3.8, 4) is 0 Å². The number of carbonyl (C=O) groups is 4. The molecule has 8 nitrogen and oxygen atoms in total. The molecule has 4 N–H and O–H groups in total. The van der Waals surface area contributed by atoms with E-state index in [0.717, 1.165) is 11.1 Å². The van der Waals surface area contributed by atoms with Crippen molar-refractivity contribution in [2.75, 3.05) is 6.54 Å². The minimum Gasteiger partial charge on any atom is -0.480 e. The number of benzene rings is 2. The van der Waals surface area contributed by atoms with Crippen molar-refractivity contribution in [1.29, 1.82) is 0 Å². The van der Waals surface area contributed by atoms with Gasteiger partial charge < -0.3 is 21.1 Å². The fourth-order valence-electron chi connectivity index (χ4n) is 3.29. The van der Waals surface area contributed by atoms with Crippen LogP contribution in [0.3, 0.4) is 0 Å². The van der Waals surface area contributed by atoms with E-state index < -0.39 is 29.9 Å². The Balaban J connectivity index is 2.00. The smallest absolute Gasteiger partial charge is 0.326 e. The van der Waals surface area contributed by atoms with E-state index in [1.807, 2.05) is 74.5 Å². The van der Waals surface area contributed by atoms with Crippen LogP contribution in [0.2, 0.25) is 0 Å². The van der Waals surface area contributed by atoms with Gasteiger partial charge in [-0.1, -0.05) is 74.5 Å². The summed E-state index contributed by atoms with van der Waals surface area (Å²) in [5.41, 5.74) is 1.63. The Morgan fingerprint density at radius 3 is 1.91 bits per heavy atom. The quantitative estimate of drug-likeness (QED) is 0.389. The highest BCUT2D eigenvalue weighted by molar-refractivity contribution is 5.92. The number of carbonyl (C=O) groups excluding carboxylic acids is 3. The maximum Gasteiger partial charge on any atom is 0.326 e. The zero-order chi connectivity index (χ0) is 24.2. The molecule has 0 saturated carbocycles. The molecule has 0 aromatic heterocycles. The molecule has 33 heavy (non-hydrogen) atoms. The zero-order valence-electron chi connectivity index (χ0n) is 18.9. The average Bonchev–Trinajstić information content (AvgIpc) is 2.78. The van der Waals surface area contributed by atoms with Crippen molar-refractivity contribution in [3.05, 3.63) is 71.8 Å². The molecule has 0 bridgehead atoms. The molecule has 176 valence electrons. The largest absolute Gasteiger partial charge is 0.480 e. The van der Waals surface area contributed by atoms with Gasteiger partial charge in [0.15, 0.2) is 0 Å². The Bertz CT molecular complexity index is 932. The van der Waals surface area contributed by atoms with Crippen LogP contribution in [0.25, 0.3) is 0 Å². The summed E-state index contributed by atoms with van der Waals surface area (Å²) >= 11 is 0.